The van der Waals surface area contributed by atoms with Crippen LogP contribution in [0.15, 0.2) is 84.0 Å². The Morgan fingerprint density at radius 1 is 1.00 bits per heavy atom. The van der Waals surface area contributed by atoms with Crippen molar-refractivity contribution < 1.29 is 13.2 Å². The summed E-state index contributed by atoms with van der Waals surface area (Å²) in [5.41, 5.74) is 2.43. The van der Waals surface area contributed by atoms with E-state index in [4.69, 9.17) is 0 Å². The third-order valence-corrected chi connectivity index (χ3v) is 5.41. The Labute approximate surface area is 186 Å². The highest BCUT2D eigenvalue weighted by atomic mass is 19.4. The summed E-state index contributed by atoms with van der Waals surface area (Å²) in [5, 5.41) is 9.57. The first-order valence-corrected chi connectivity index (χ1v) is 10.1. The largest absolute Gasteiger partial charge is 0.416 e. The van der Waals surface area contributed by atoms with Gasteiger partial charge in [0.2, 0.25) is 0 Å². The molecule has 0 aliphatic rings. The molecule has 3 heterocycles. The first-order chi connectivity index (χ1) is 15.8. The highest BCUT2D eigenvalue weighted by molar-refractivity contribution is 5.94. The quantitative estimate of drug-likeness (QED) is 0.401. The molecule has 166 valence electrons. The normalized spacial score (nSPS) is 11.9. The fraction of sp³-hybridized carbons (Fsp3) is 0.125. The molecule has 0 atom stereocenters. The van der Waals surface area contributed by atoms with Crippen LogP contribution in [0.4, 0.5) is 13.2 Å². The number of rotatable bonds is 4. The molecule has 5 aromatic rings. The highest BCUT2D eigenvalue weighted by Crippen LogP contribution is 2.32. The van der Waals surface area contributed by atoms with E-state index in [1.807, 2.05) is 43.6 Å². The summed E-state index contributed by atoms with van der Waals surface area (Å²) >= 11 is 0. The summed E-state index contributed by atoms with van der Waals surface area (Å²) in [6, 6.07) is 15.6. The Morgan fingerprint density at radius 3 is 2.42 bits per heavy atom. The van der Waals surface area contributed by atoms with Crippen molar-refractivity contribution in [1.82, 2.24) is 24.1 Å². The maximum absolute atomic E-state index is 13.0. The number of halogens is 3. The fourth-order valence-corrected chi connectivity index (χ4v) is 3.80. The number of aryl methyl sites for hydroxylation is 1. The molecule has 0 radical (unpaired) electrons. The molecular weight excluding hydrogens is 431 g/mol. The van der Waals surface area contributed by atoms with Crippen LogP contribution in [0, 0.1) is 0 Å². The van der Waals surface area contributed by atoms with E-state index in [1.54, 1.807) is 26.3 Å². The molecular formula is C24H18F3N5O. The number of fused-ring (bicyclic) bond motifs is 1. The molecule has 0 bridgehead atoms. The van der Waals surface area contributed by atoms with Gasteiger partial charge in [-0.2, -0.15) is 23.4 Å². The van der Waals surface area contributed by atoms with Gasteiger partial charge in [0.05, 0.1) is 29.5 Å². The number of benzene rings is 2. The predicted molar refractivity (Wildman–Crippen MR) is 118 cm³/mol. The number of aromatic nitrogens is 5. The molecule has 6 nitrogen and oxygen atoms in total. The maximum Gasteiger partial charge on any atom is 0.416 e. The molecule has 0 unspecified atom stereocenters. The predicted octanol–water partition coefficient (Wildman–Crippen LogP) is 4.65. The molecule has 0 aliphatic heterocycles. The number of hydrogen-bond donors (Lipinski definition) is 0. The first kappa shape index (κ1) is 20.7. The van der Waals surface area contributed by atoms with Gasteiger partial charge in [-0.3, -0.25) is 9.48 Å². The van der Waals surface area contributed by atoms with Crippen molar-refractivity contribution in [1.29, 1.82) is 0 Å². The van der Waals surface area contributed by atoms with Crippen LogP contribution in [0.25, 0.3) is 27.8 Å². The molecule has 0 spiro atoms. The number of para-hydroxylation sites is 1. The zero-order valence-corrected chi connectivity index (χ0v) is 17.5. The lowest BCUT2D eigenvalue weighted by molar-refractivity contribution is -0.137. The van der Waals surface area contributed by atoms with Gasteiger partial charge in [0.25, 0.3) is 5.56 Å². The Morgan fingerprint density at radius 2 is 1.76 bits per heavy atom. The van der Waals surface area contributed by atoms with Gasteiger partial charge in [-0.15, -0.1) is 0 Å². The van der Waals surface area contributed by atoms with Gasteiger partial charge in [-0.25, -0.2) is 4.68 Å². The lowest BCUT2D eigenvalue weighted by atomic mass is 10.1. The summed E-state index contributed by atoms with van der Waals surface area (Å²) in [6.45, 7) is 0.397. The molecule has 3 aromatic heterocycles. The smallest absolute Gasteiger partial charge is 0.311 e. The van der Waals surface area contributed by atoms with Crippen molar-refractivity contribution >= 4 is 10.9 Å². The minimum Gasteiger partial charge on any atom is -0.311 e. The van der Waals surface area contributed by atoms with E-state index in [2.05, 4.69) is 10.2 Å². The number of nitrogens with zero attached hydrogens (tertiary/aromatic N) is 5. The van der Waals surface area contributed by atoms with E-state index >= 15 is 0 Å². The molecule has 0 saturated carbocycles. The third-order valence-electron chi connectivity index (χ3n) is 5.41. The zero-order chi connectivity index (χ0) is 23.2. The minimum absolute atomic E-state index is 0.190. The summed E-state index contributed by atoms with van der Waals surface area (Å²) in [4.78, 5) is 12.8. The zero-order valence-electron chi connectivity index (χ0n) is 17.5. The average Bonchev–Trinajstić information content (AvgIpc) is 3.38. The van der Waals surface area contributed by atoms with Crippen molar-refractivity contribution in [3.63, 3.8) is 0 Å². The van der Waals surface area contributed by atoms with Crippen LogP contribution in [0.3, 0.4) is 0 Å². The maximum atomic E-state index is 13.0. The second-order valence-corrected chi connectivity index (χ2v) is 7.73. The van der Waals surface area contributed by atoms with E-state index in [0.29, 0.717) is 23.5 Å². The van der Waals surface area contributed by atoms with E-state index in [9.17, 15) is 18.0 Å². The van der Waals surface area contributed by atoms with Crippen molar-refractivity contribution in [3.8, 4) is 16.9 Å². The van der Waals surface area contributed by atoms with Gasteiger partial charge in [-0.1, -0.05) is 18.2 Å². The summed E-state index contributed by atoms with van der Waals surface area (Å²) in [7, 11) is 1.81. The first-order valence-electron chi connectivity index (χ1n) is 10.1. The highest BCUT2D eigenvalue weighted by Gasteiger charge is 2.30. The molecule has 5 rings (SSSR count). The van der Waals surface area contributed by atoms with Gasteiger partial charge in [0.15, 0.2) is 0 Å². The Bertz CT molecular complexity index is 1510. The monoisotopic (exact) mass is 449 g/mol. The number of alkyl halides is 3. The topological polar surface area (TPSA) is 57.6 Å². The van der Waals surface area contributed by atoms with Crippen LogP contribution in [-0.2, 0) is 19.8 Å². The molecule has 9 heteroatoms. The van der Waals surface area contributed by atoms with Crippen molar-refractivity contribution in [2.24, 2.45) is 7.05 Å². The van der Waals surface area contributed by atoms with E-state index in [-0.39, 0.29) is 5.56 Å². The second-order valence-electron chi connectivity index (χ2n) is 7.73. The fourth-order valence-electron chi connectivity index (χ4n) is 3.80. The van der Waals surface area contributed by atoms with Crippen LogP contribution in [0.2, 0.25) is 0 Å². The van der Waals surface area contributed by atoms with E-state index in [1.165, 1.54) is 18.2 Å². The van der Waals surface area contributed by atoms with Gasteiger partial charge in [0, 0.05) is 42.0 Å². The summed E-state index contributed by atoms with van der Waals surface area (Å²) in [6.07, 6.45) is 0.853. The SMILES string of the molecule is Cn1cc(Cn2ccc(-c3nn(-c4ccc(C(F)(F)F)cc4)c4ccccc34)cc2=O)cn1. The summed E-state index contributed by atoms with van der Waals surface area (Å²) in [5.74, 6) is 0. The van der Waals surface area contributed by atoms with Crippen molar-refractivity contribution in [2.75, 3.05) is 0 Å². The molecule has 33 heavy (non-hydrogen) atoms. The van der Waals surface area contributed by atoms with Crippen molar-refractivity contribution in [2.45, 2.75) is 12.7 Å². The van der Waals surface area contributed by atoms with Crippen LogP contribution in [-0.4, -0.2) is 24.1 Å². The van der Waals surface area contributed by atoms with Crippen LogP contribution < -0.4 is 5.56 Å². The van der Waals surface area contributed by atoms with Gasteiger partial charge >= 0.3 is 6.18 Å². The molecule has 2 aromatic carbocycles. The van der Waals surface area contributed by atoms with Crippen molar-refractivity contribution in [3.05, 3.63) is 101 Å². The Kier molecular flexibility index (Phi) is 4.88. The number of pyridine rings is 1. The lowest BCUT2D eigenvalue weighted by Gasteiger charge is -2.08. The molecule has 0 amide bonds. The summed E-state index contributed by atoms with van der Waals surface area (Å²) < 4.78 is 43.7. The van der Waals surface area contributed by atoms with Crippen LogP contribution in [0.1, 0.15) is 11.1 Å². The second kappa shape index (κ2) is 7.77. The van der Waals surface area contributed by atoms with Crippen LogP contribution >= 0.6 is 0 Å². The van der Waals surface area contributed by atoms with Gasteiger partial charge < -0.3 is 4.57 Å². The molecule has 0 saturated heterocycles. The molecule has 0 aliphatic carbocycles. The van der Waals surface area contributed by atoms with Gasteiger partial charge in [-0.05, 0) is 36.4 Å². The third kappa shape index (κ3) is 3.93. The van der Waals surface area contributed by atoms with E-state index < -0.39 is 11.7 Å². The Balaban J connectivity index is 1.56. The minimum atomic E-state index is -4.41. The number of hydrogen-bond acceptors (Lipinski definition) is 3. The molecule has 0 N–H and O–H groups in total. The van der Waals surface area contributed by atoms with Crippen LogP contribution in [0.5, 0.6) is 0 Å². The molecule has 0 fully saturated rings. The average molecular weight is 449 g/mol. The Hall–Kier alpha value is -4.14. The lowest BCUT2D eigenvalue weighted by Crippen LogP contribution is -2.19. The standard InChI is InChI=1S/C24H18F3N5O/c1-30-14-16(13-28-30)15-31-11-10-17(12-22(31)33)23-20-4-2-3-5-21(20)32(29-23)19-8-6-18(7-9-19)24(25,26)27/h2-14H,15H2,1H3. The van der Waals surface area contributed by atoms with Gasteiger partial charge in [0.1, 0.15) is 5.69 Å². The van der Waals surface area contributed by atoms with E-state index in [0.717, 1.165) is 28.6 Å².